The minimum Gasteiger partial charge on any atom is -0.353 e. The van der Waals surface area contributed by atoms with Crippen LogP contribution >= 0.6 is 23.4 Å². The number of carbonyl (C=O) groups excluding carboxylic acids is 3. The van der Waals surface area contributed by atoms with Crippen LogP contribution in [0.3, 0.4) is 0 Å². The first kappa shape index (κ1) is 22.4. The molecule has 1 aliphatic heterocycles. The fraction of sp³-hybridized carbons (Fsp3) is 0.474. The van der Waals surface area contributed by atoms with Crippen LogP contribution in [0.5, 0.6) is 0 Å². The third kappa shape index (κ3) is 6.92. The molecule has 1 aromatic rings. The number of carbonyl (C=O) groups is 3. The van der Waals surface area contributed by atoms with Gasteiger partial charge in [-0.15, -0.1) is 0 Å². The smallest absolute Gasteiger partial charge is 0.260 e. The number of nitrogens with one attached hydrogen (secondary N) is 2. The van der Waals surface area contributed by atoms with Crippen LogP contribution in [-0.4, -0.2) is 59.1 Å². The minimum absolute atomic E-state index is 0.0273. The number of halogens is 1. The molecule has 1 aromatic carbocycles. The quantitative estimate of drug-likeness (QED) is 0.669. The molecule has 1 aliphatic rings. The summed E-state index contributed by atoms with van der Waals surface area (Å²) in [5, 5.41) is 6.20. The Labute approximate surface area is 174 Å². The summed E-state index contributed by atoms with van der Waals surface area (Å²) in [5.74, 6) is -0.677. The molecule has 1 atom stereocenters. The maximum atomic E-state index is 12.3. The molecule has 0 fully saturated rings. The number of thioether (sulfide) groups is 1. The Morgan fingerprint density at radius 2 is 2.04 bits per heavy atom. The highest BCUT2D eigenvalue weighted by molar-refractivity contribution is 8.15. The summed E-state index contributed by atoms with van der Waals surface area (Å²) in [5.41, 5.74) is 1.51. The molecule has 28 heavy (non-hydrogen) atoms. The molecule has 2 N–H and O–H groups in total. The Morgan fingerprint density at radius 1 is 1.32 bits per heavy atom. The molecule has 2 rings (SSSR count). The Bertz CT molecular complexity index is 797. The summed E-state index contributed by atoms with van der Waals surface area (Å²) in [6, 6.07) is 5.34. The molecule has 0 aromatic heterocycles. The Kier molecular flexibility index (Phi) is 8.03. The lowest BCUT2D eigenvalue weighted by Gasteiger charge is -2.17. The van der Waals surface area contributed by atoms with E-state index in [2.05, 4.69) is 15.6 Å². The first-order valence-corrected chi connectivity index (χ1v) is 10.2. The van der Waals surface area contributed by atoms with E-state index in [-0.39, 0.29) is 36.7 Å². The lowest BCUT2D eigenvalue weighted by molar-refractivity contribution is -0.122. The summed E-state index contributed by atoms with van der Waals surface area (Å²) in [6.45, 7) is 6.27. The zero-order valence-electron chi connectivity index (χ0n) is 16.4. The topological polar surface area (TPSA) is 90.9 Å². The van der Waals surface area contributed by atoms with E-state index in [0.29, 0.717) is 22.3 Å². The largest absolute Gasteiger partial charge is 0.353 e. The van der Waals surface area contributed by atoms with Gasteiger partial charge in [-0.2, -0.15) is 0 Å². The summed E-state index contributed by atoms with van der Waals surface area (Å²) >= 11 is 7.33. The Morgan fingerprint density at radius 3 is 2.68 bits per heavy atom. The van der Waals surface area contributed by atoms with Gasteiger partial charge in [0.1, 0.15) is 5.25 Å². The van der Waals surface area contributed by atoms with Crippen molar-refractivity contribution in [2.45, 2.75) is 38.5 Å². The maximum absolute atomic E-state index is 12.3. The second-order valence-electron chi connectivity index (χ2n) is 7.06. The molecule has 0 radical (unpaired) electrons. The molecule has 1 heterocycles. The second kappa shape index (κ2) is 10.0. The summed E-state index contributed by atoms with van der Waals surface area (Å²) in [7, 11) is 1.79. The Balaban J connectivity index is 1.82. The molecule has 0 saturated carbocycles. The SMILES string of the molecule is Cc1ccc(NC(=O)C[C@H]2SC(CN(C)CC(=O)NC(C)C)=NC2=O)cc1Cl. The predicted molar refractivity (Wildman–Crippen MR) is 114 cm³/mol. The highest BCUT2D eigenvalue weighted by Gasteiger charge is 2.31. The summed E-state index contributed by atoms with van der Waals surface area (Å²) in [6.07, 6.45) is 0.0273. The van der Waals surface area contributed by atoms with Crippen molar-refractivity contribution in [1.29, 1.82) is 0 Å². The van der Waals surface area contributed by atoms with Crippen molar-refractivity contribution in [3.63, 3.8) is 0 Å². The van der Waals surface area contributed by atoms with E-state index in [1.165, 1.54) is 11.8 Å². The van der Waals surface area contributed by atoms with E-state index in [1.54, 1.807) is 24.1 Å². The highest BCUT2D eigenvalue weighted by Crippen LogP contribution is 2.26. The van der Waals surface area contributed by atoms with Gasteiger partial charge in [0.25, 0.3) is 5.91 Å². The van der Waals surface area contributed by atoms with E-state index in [4.69, 9.17) is 11.6 Å². The zero-order valence-corrected chi connectivity index (χ0v) is 18.0. The van der Waals surface area contributed by atoms with Crippen molar-refractivity contribution in [1.82, 2.24) is 10.2 Å². The van der Waals surface area contributed by atoms with Crippen molar-refractivity contribution in [3.05, 3.63) is 28.8 Å². The van der Waals surface area contributed by atoms with Gasteiger partial charge in [-0.1, -0.05) is 29.4 Å². The fourth-order valence-corrected chi connectivity index (χ4v) is 3.92. The van der Waals surface area contributed by atoms with Crippen LogP contribution < -0.4 is 10.6 Å². The predicted octanol–water partition coefficient (Wildman–Crippen LogP) is 2.47. The lowest BCUT2D eigenvalue weighted by Crippen LogP contribution is -2.39. The van der Waals surface area contributed by atoms with Gasteiger partial charge < -0.3 is 10.6 Å². The van der Waals surface area contributed by atoms with E-state index >= 15 is 0 Å². The molecule has 7 nitrogen and oxygen atoms in total. The normalized spacial score (nSPS) is 16.5. The zero-order chi connectivity index (χ0) is 20.8. The van der Waals surface area contributed by atoms with E-state index < -0.39 is 5.25 Å². The molecule has 9 heteroatoms. The van der Waals surface area contributed by atoms with Gasteiger partial charge >= 0.3 is 0 Å². The molecular weight excluding hydrogens is 400 g/mol. The summed E-state index contributed by atoms with van der Waals surface area (Å²) in [4.78, 5) is 42.0. The number of hydrogen-bond donors (Lipinski definition) is 2. The van der Waals surface area contributed by atoms with Crippen LogP contribution in [0.25, 0.3) is 0 Å². The van der Waals surface area contributed by atoms with E-state index in [0.717, 1.165) is 5.56 Å². The minimum atomic E-state index is -0.547. The van der Waals surface area contributed by atoms with Gasteiger partial charge in [0, 0.05) is 29.7 Å². The lowest BCUT2D eigenvalue weighted by atomic mass is 10.2. The fourth-order valence-electron chi connectivity index (χ4n) is 2.59. The molecule has 152 valence electrons. The van der Waals surface area contributed by atoms with Crippen molar-refractivity contribution in [3.8, 4) is 0 Å². The van der Waals surface area contributed by atoms with Gasteiger partial charge in [-0.05, 0) is 45.5 Å². The van der Waals surface area contributed by atoms with Crippen LogP contribution in [-0.2, 0) is 14.4 Å². The van der Waals surface area contributed by atoms with Crippen molar-refractivity contribution >= 4 is 51.8 Å². The number of nitrogens with zero attached hydrogens (tertiary/aromatic N) is 2. The van der Waals surface area contributed by atoms with E-state index in [1.807, 2.05) is 26.8 Å². The number of aryl methyl sites for hydroxylation is 1. The molecular formula is C19H25ClN4O3S. The standard InChI is InChI=1S/C19H25ClN4O3S/c1-11(2)21-17(26)9-24(4)10-18-23-19(27)15(28-18)8-16(25)22-13-6-5-12(3)14(20)7-13/h5-7,11,15H,8-10H2,1-4H3,(H,21,26)(H,22,25)/t15-/m1/s1. The van der Waals surface area contributed by atoms with E-state index in [9.17, 15) is 14.4 Å². The van der Waals surface area contributed by atoms with Crippen molar-refractivity contribution < 1.29 is 14.4 Å². The van der Waals surface area contributed by atoms with Crippen LogP contribution in [0.1, 0.15) is 25.8 Å². The number of benzene rings is 1. The van der Waals surface area contributed by atoms with Crippen LogP contribution in [0.15, 0.2) is 23.2 Å². The first-order valence-electron chi connectivity index (χ1n) is 8.96. The average molecular weight is 425 g/mol. The average Bonchev–Trinajstić information content (AvgIpc) is 2.88. The molecule has 0 spiro atoms. The first-order chi connectivity index (χ1) is 13.1. The number of hydrogen-bond acceptors (Lipinski definition) is 5. The third-order valence-corrected chi connectivity index (χ3v) is 5.44. The molecule has 0 bridgehead atoms. The number of rotatable bonds is 8. The molecule has 0 unspecified atom stereocenters. The van der Waals surface area contributed by atoms with Gasteiger partial charge in [-0.25, -0.2) is 4.99 Å². The maximum Gasteiger partial charge on any atom is 0.260 e. The van der Waals surface area contributed by atoms with Crippen LogP contribution in [0.4, 0.5) is 5.69 Å². The number of amides is 3. The van der Waals surface area contributed by atoms with Gasteiger partial charge in [0.2, 0.25) is 11.8 Å². The summed E-state index contributed by atoms with van der Waals surface area (Å²) < 4.78 is 0. The van der Waals surface area contributed by atoms with Crippen molar-refractivity contribution in [2.75, 3.05) is 25.5 Å². The Hall–Kier alpha value is -1.90. The molecule has 3 amide bonds. The van der Waals surface area contributed by atoms with Gasteiger partial charge in [-0.3, -0.25) is 19.3 Å². The molecule has 0 saturated heterocycles. The van der Waals surface area contributed by atoms with Gasteiger partial charge in [0.05, 0.1) is 11.6 Å². The molecule has 0 aliphatic carbocycles. The third-order valence-electron chi connectivity index (χ3n) is 3.88. The van der Waals surface area contributed by atoms with Crippen LogP contribution in [0.2, 0.25) is 5.02 Å². The number of likely N-dealkylation sites (N-methyl/N-ethyl adjacent to an activating group) is 1. The highest BCUT2D eigenvalue weighted by atomic mass is 35.5. The van der Waals surface area contributed by atoms with Crippen LogP contribution in [0, 0.1) is 6.92 Å². The number of aliphatic imine (C=N–C) groups is 1. The second-order valence-corrected chi connectivity index (χ2v) is 8.74. The monoisotopic (exact) mass is 424 g/mol. The van der Waals surface area contributed by atoms with Crippen molar-refractivity contribution in [2.24, 2.45) is 4.99 Å². The van der Waals surface area contributed by atoms with Gasteiger partial charge in [0.15, 0.2) is 0 Å². The number of anilines is 1.